The van der Waals surface area contributed by atoms with E-state index in [-0.39, 0.29) is 0 Å². The van der Waals surface area contributed by atoms with Crippen molar-refractivity contribution in [2.24, 2.45) is 4.40 Å². The molecule has 0 aromatic carbocycles. The predicted molar refractivity (Wildman–Crippen MR) is 37.6 cm³/mol. The zero-order valence-electron chi connectivity index (χ0n) is 4.70. The maximum absolute atomic E-state index is 4.96. The highest BCUT2D eigenvalue weighted by molar-refractivity contribution is 7.97. The number of hydrogen-bond donors (Lipinski definition) is 0. The second kappa shape index (κ2) is 1.92. The van der Waals surface area contributed by atoms with Crippen LogP contribution in [0.15, 0.2) is 21.3 Å². The maximum Gasteiger partial charge on any atom is 0.0993 e. The molecule has 0 spiro atoms. The third kappa shape index (κ3) is 0.772. The molecule has 1 aliphatic heterocycles. The Balaban J connectivity index is 2.53. The Labute approximate surface area is 57.1 Å². The van der Waals surface area contributed by atoms with Gasteiger partial charge in [-0.05, 0) is 11.9 Å². The first kappa shape index (κ1) is 5.11. The Bertz CT molecular complexity index is 241. The van der Waals surface area contributed by atoms with Crippen molar-refractivity contribution < 1.29 is 4.42 Å². The van der Waals surface area contributed by atoms with E-state index in [2.05, 4.69) is 4.40 Å². The normalized spacial score (nSPS) is 15.6. The number of rotatable bonds is 0. The van der Waals surface area contributed by atoms with Crippen molar-refractivity contribution in [3.05, 3.63) is 23.7 Å². The molecule has 0 fully saturated rings. The molecule has 1 aromatic heterocycles. The Hall–Kier alpha value is -0.700. The van der Waals surface area contributed by atoms with E-state index in [0.29, 0.717) is 0 Å². The third-order valence-corrected chi connectivity index (χ3v) is 1.96. The molecule has 1 aromatic rings. The van der Waals surface area contributed by atoms with Crippen molar-refractivity contribution in [3.63, 3.8) is 0 Å². The van der Waals surface area contributed by atoms with Gasteiger partial charge in [-0.3, -0.25) is 0 Å². The first-order chi connectivity index (χ1) is 4.47. The van der Waals surface area contributed by atoms with E-state index >= 15 is 0 Å². The molecule has 2 heterocycles. The number of hydrogen-bond acceptors (Lipinski definition) is 3. The van der Waals surface area contributed by atoms with Crippen molar-refractivity contribution in [2.75, 3.05) is 0 Å². The molecule has 0 N–H and O–H groups in total. The van der Waals surface area contributed by atoms with Gasteiger partial charge in [-0.2, -0.15) is 0 Å². The summed E-state index contributed by atoms with van der Waals surface area (Å²) in [5.41, 5.74) is 2.36. The highest BCUT2D eigenvalue weighted by atomic mass is 32.2. The van der Waals surface area contributed by atoms with Crippen molar-refractivity contribution in [2.45, 2.75) is 5.75 Å². The van der Waals surface area contributed by atoms with Crippen LogP contribution in [-0.4, -0.2) is 6.21 Å². The fourth-order valence-electron chi connectivity index (χ4n) is 0.765. The molecular formula is C6H5NOS. The summed E-state index contributed by atoms with van der Waals surface area (Å²) in [7, 11) is 0. The second-order valence-corrected chi connectivity index (χ2v) is 2.62. The Morgan fingerprint density at radius 2 is 2.56 bits per heavy atom. The lowest BCUT2D eigenvalue weighted by Gasteiger charge is -1.98. The Kier molecular flexibility index (Phi) is 1.09. The van der Waals surface area contributed by atoms with Gasteiger partial charge < -0.3 is 4.42 Å². The van der Waals surface area contributed by atoms with Crippen LogP contribution in [0.5, 0.6) is 0 Å². The summed E-state index contributed by atoms with van der Waals surface area (Å²) in [5.74, 6) is 0.947. The molecule has 9 heavy (non-hydrogen) atoms. The summed E-state index contributed by atoms with van der Waals surface area (Å²) in [5, 5.41) is 0. The average Bonchev–Trinajstić information content (AvgIpc) is 2.33. The summed E-state index contributed by atoms with van der Waals surface area (Å²) in [6.45, 7) is 0. The standard InChI is InChI=1S/C6H5NOS/c1-5-2-8-3-6(5)4-9-7-1/h1-3H,4H2. The van der Waals surface area contributed by atoms with Crippen molar-refractivity contribution in [1.82, 2.24) is 0 Å². The van der Waals surface area contributed by atoms with Crippen LogP contribution < -0.4 is 0 Å². The van der Waals surface area contributed by atoms with Gasteiger partial charge in [0.2, 0.25) is 0 Å². The van der Waals surface area contributed by atoms with Crippen molar-refractivity contribution in [1.29, 1.82) is 0 Å². The van der Waals surface area contributed by atoms with E-state index < -0.39 is 0 Å². The SMILES string of the molecule is C1=NSCc2cocc21. The molecule has 46 valence electrons. The molecule has 2 rings (SSSR count). The van der Waals surface area contributed by atoms with Gasteiger partial charge in [0.15, 0.2) is 0 Å². The third-order valence-electron chi connectivity index (χ3n) is 1.26. The van der Waals surface area contributed by atoms with E-state index in [1.807, 2.05) is 6.21 Å². The first-order valence-electron chi connectivity index (χ1n) is 2.67. The summed E-state index contributed by atoms with van der Waals surface area (Å²) >= 11 is 1.55. The molecule has 0 bridgehead atoms. The second-order valence-electron chi connectivity index (χ2n) is 1.86. The van der Waals surface area contributed by atoms with Crippen LogP contribution in [0.4, 0.5) is 0 Å². The molecule has 0 unspecified atom stereocenters. The van der Waals surface area contributed by atoms with Gasteiger partial charge >= 0.3 is 0 Å². The van der Waals surface area contributed by atoms with Crippen molar-refractivity contribution in [3.8, 4) is 0 Å². The lowest BCUT2D eigenvalue weighted by molar-refractivity contribution is 0.565. The summed E-state index contributed by atoms with van der Waals surface area (Å²) < 4.78 is 8.99. The molecule has 2 nitrogen and oxygen atoms in total. The van der Waals surface area contributed by atoms with Gasteiger partial charge in [0.05, 0.1) is 12.5 Å². The van der Waals surface area contributed by atoms with Crippen LogP contribution in [0.2, 0.25) is 0 Å². The lowest BCUT2D eigenvalue weighted by Crippen LogP contribution is -1.88. The number of fused-ring (bicyclic) bond motifs is 1. The van der Waals surface area contributed by atoms with Gasteiger partial charge in [0.25, 0.3) is 0 Å². The zero-order chi connectivity index (χ0) is 6.10. The quantitative estimate of drug-likeness (QED) is 0.512. The van der Waals surface area contributed by atoms with Crippen LogP contribution in [0, 0.1) is 0 Å². The number of nitrogens with zero attached hydrogens (tertiary/aromatic N) is 1. The van der Waals surface area contributed by atoms with Crippen molar-refractivity contribution >= 4 is 18.2 Å². The molecule has 0 atom stereocenters. The van der Waals surface area contributed by atoms with Gasteiger partial charge in [0.1, 0.15) is 0 Å². The Morgan fingerprint density at radius 1 is 1.56 bits per heavy atom. The highest BCUT2D eigenvalue weighted by Gasteiger charge is 2.05. The largest absolute Gasteiger partial charge is 0.472 e. The van der Waals surface area contributed by atoms with Crippen LogP contribution in [0.1, 0.15) is 11.1 Å². The smallest absolute Gasteiger partial charge is 0.0993 e. The van der Waals surface area contributed by atoms with E-state index in [4.69, 9.17) is 4.42 Å². The molecule has 0 saturated heterocycles. The minimum atomic E-state index is 0.947. The van der Waals surface area contributed by atoms with E-state index in [1.165, 1.54) is 5.56 Å². The van der Waals surface area contributed by atoms with Gasteiger partial charge in [-0.15, -0.1) is 0 Å². The average molecular weight is 139 g/mol. The van der Waals surface area contributed by atoms with E-state index in [0.717, 1.165) is 11.3 Å². The topological polar surface area (TPSA) is 25.5 Å². The minimum absolute atomic E-state index is 0.947. The summed E-state index contributed by atoms with van der Waals surface area (Å²) in [6, 6.07) is 0. The monoisotopic (exact) mass is 139 g/mol. The molecule has 3 heteroatoms. The first-order valence-corrected chi connectivity index (χ1v) is 3.61. The van der Waals surface area contributed by atoms with Crippen LogP contribution in [-0.2, 0) is 5.75 Å². The fraction of sp³-hybridized carbons (Fsp3) is 0.167. The fourth-order valence-corrected chi connectivity index (χ4v) is 1.40. The van der Waals surface area contributed by atoms with Gasteiger partial charge in [0, 0.05) is 23.1 Å². The minimum Gasteiger partial charge on any atom is -0.472 e. The van der Waals surface area contributed by atoms with Gasteiger partial charge in [-0.1, -0.05) is 0 Å². The molecule has 1 aliphatic rings. The Morgan fingerprint density at radius 3 is 3.44 bits per heavy atom. The van der Waals surface area contributed by atoms with Crippen LogP contribution >= 0.6 is 11.9 Å². The zero-order valence-corrected chi connectivity index (χ0v) is 5.52. The van der Waals surface area contributed by atoms with E-state index in [1.54, 1.807) is 24.5 Å². The molecule has 0 amide bonds. The number of furan rings is 1. The summed E-state index contributed by atoms with van der Waals surface area (Å²) in [6.07, 6.45) is 5.32. The van der Waals surface area contributed by atoms with Crippen LogP contribution in [0.25, 0.3) is 0 Å². The maximum atomic E-state index is 4.96. The van der Waals surface area contributed by atoms with E-state index in [9.17, 15) is 0 Å². The van der Waals surface area contributed by atoms with Gasteiger partial charge in [-0.25, -0.2) is 4.40 Å². The predicted octanol–water partition coefficient (Wildman–Crippen LogP) is 1.86. The highest BCUT2D eigenvalue weighted by Crippen LogP contribution is 2.21. The van der Waals surface area contributed by atoms with Crippen LogP contribution in [0.3, 0.4) is 0 Å². The molecule has 0 aliphatic carbocycles. The molecule has 0 radical (unpaired) electrons. The summed E-state index contributed by atoms with van der Waals surface area (Å²) in [4.78, 5) is 0. The molecule has 0 saturated carbocycles. The molecular weight excluding hydrogens is 134 g/mol. The lowest BCUT2D eigenvalue weighted by atomic mass is 10.2.